The number of thiophene rings is 1. The van der Waals surface area contributed by atoms with E-state index in [4.69, 9.17) is 12.2 Å². The Morgan fingerprint density at radius 3 is 2.79 bits per heavy atom. The molecule has 0 bridgehead atoms. The van der Waals surface area contributed by atoms with E-state index in [2.05, 4.69) is 28.6 Å². The van der Waals surface area contributed by atoms with Crippen LogP contribution in [0.25, 0.3) is 11.3 Å². The molecule has 0 aliphatic carbocycles. The molecular formula is C10H10N2S2. The van der Waals surface area contributed by atoms with Crippen molar-refractivity contribution in [2.75, 3.05) is 0 Å². The highest BCUT2D eigenvalue weighted by molar-refractivity contribution is 7.71. The standard InChI is InChI=1S/C10H10N2S2/c1-6-7(2)10(13)12-11-9(6)8-3-4-14-5-8/h3-5H,1-2H3,(H,12,13). The van der Waals surface area contributed by atoms with Gasteiger partial charge in [0.2, 0.25) is 0 Å². The summed E-state index contributed by atoms with van der Waals surface area (Å²) in [7, 11) is 0. The minimum Gasteiger partial charge on any atom is -0.267 e. The molecule has 0 saturated carbocycles. The minimum atomic E-state index is 0.724. The van der Waals surface area contributed by atoms with Crippen LogP contribution in [0.3, 0.4) is 0 Å². The normalized spacial score (nSPS) is 10.4. The first kappa shape index (κ1) is 9.55. The van der Waals surface area contributed by atoms with E-state index < -0.39 is 0 Å². The maximum Gasteiger partial charge on any atom is 0.122 e. The molecule has 14 heavy (non-hydrogen) atoms. The zero-order chi connectivity index (χ0) is 10.1. The summed E-state index contributed by atoms with van der Waals surface area (Å²) in [6.07, 6.45) is 0. The Hall–Kier alpha value is -1.000. The zero-order valence-corrected chi connectivity index (χ0v) is 9.63. The fraction of sp³-hybridized carbons (Fsp3) is 0.200. The second-order valence-electron chi connectivity index (χ2n) is 3.16. The fourth-order valence-corrected chi connectivity index (χ4v) is 2.14. The van der Waals surface area contributed by atoms with E-state index in [-0.39, 0.29) is 0 Å². The summed E-state index contributed by atoms with van der Waals surface area (Å²) in [5.41, 5.74) is 4.42. The molecule has 72 valence electrons. The van der Waals surface area contributed by atoms with E-state index >= 15 is 0 Å². The van der Waals surface area contributed by atoms with Gasteiger partial charge in [0.05, 0.1) is 5.69 Å². The van der Waals surface area contributed by atoms with Crippen LogP contribution in [0.2, 0.25) is 0 Å². The third-order valence-electron chi connectivity index (χ3n) is 2.32. The predicted molar refractivity (Wildman–Crippen MR) is 62.2 cm³/mol. The van der Waals surface area contributed by atoms with Crippen LogP contribution >= 0.6 is 23.6 Å². The van der Waals surface area contributed by atoms with Crippen LogP contribution in [0.15, 0.2) is 16.8 Å². The van der Waals surface area contributed by atoms with Crippen molar-refractivity contribution in [3.63, 3.8) is 0 Å². The summed E-state index contributed by atoms with van der Waals surface area (Å²) in [6, 6.07) is 2.07. The van der Waals surface area contributed by atoms with Crippen molar-refractivity contribution < 1.29 is 0 Å². The number of rotatable bonds is 1. The lowest BCUT2D eigenvalue weighted by atomic mass is 10.1. The summed E-state index contributed by atoms with van der Waals surface area (Å²) >= 11 is 6.79. The third-order valence-corrected chi connectivity index (χ3v) is 3.40. The van der Waals surface area contributed by atoms with Crippen molar-refractivity contribution in [1.82, 2.24) is 10.2 Å². The van der Waals surface area contributed by atoms with Crippen LogP contribution in [0.5, 0.6) is 0 Å². The molecule has 0 aliphatic heterocycles. The van der Waals surface area contributed by atoms with Gasteiger partial charge in [-0.2, -0.15) is 16.4 Å². The van der Waals surface area contributed by atoms with E-state index in [9.17, 15) is 0 Å². The maximum absolute atomic E-state index is 5.11. The Morgan fingerprint density at radius 1 is 1.36 bits per heavy atom. The van der Waals surface area contributed by atoms with Crippen molar-refractivity contribution in [3.05, 3.63) is 32.6 Å². The predicted octanol–water partition coefficient (Wildman–Crippen LogP) is 3.48. The minimum absolute atomic E-state index is 0.724. The molecule has 1 N–H and O–H groups in total. The Labute approximate surface area is 91.6 Å². The van der Waals surface area contributed by atoms with Crippen molar-refractivity contribution in [2.45, 2.75) is 13.8 Å². The van der Waals surface area contributed by atoms with Crippen molar-refractivity contribution >= 4 is 23.6 Å². The molecule has 2 heterocycles. The van der Waals surface area contributed by atoms with E-state index in [0.717, 1.165) is 27.0 Å². The van der Waals surface area contributed by atoms with Gasteiger partial charge in [-0.3, -0.25) is 5.10 Å². The Balaban J connectivity index is 2.67. The summed E-state index contributed by atoms with van der Waals surface area (Å²) in [5.74, 6) is 0. The summed E-state index contributed by atoms with van der Waals surface area (Å²) in [5, 5.41) is 11.3. The number of H-pyrrole nitrogens is 1. The van der Waals surface area contributed by atoms with E-state index in [0.29, 0.717) is 0 Å². The lowest BCUT2D eigenvalue weighted by molar-refractivity contribution is 0.988. The molecule has 2 aromatic rings. The lowest BCUT2D eigenvalue weighted by Gasteiger charge is -2.05. The average molecular weight is 222 g/mol. The lowest BCUT2D eigenvalue weighted by Crippen LogP contribution is -1.95. The SMILES string of the molecule is Cc1c(-c2ccsc2)n[nH]c(=S)c1C. The molecule has 2 aromatic heterocycles. The van der Waals surface area contributed by atoms with Gasteiger partial charge < -0.3 is 0 Å². The van der Waals surface area contributed by atoms with Gasteiger partial charge in [-0.1, -0.05) is 12.2 Å². The number of nitrogens with zero attached hydrogens (tertiary/aromatic N) is 1. The molecule has 2 rings (SSSR count). The van der Waals surface area contributed by atoms with Gasteiger partial charge in [0, 0.05) is 10.9 Å². The third kappa shape index (κ3) is 1.51. The zero-order valence-electron chi connectivity index (χ0n) is 8.00. The molecule has 2 nitrogen and oxygen atoms in total. The highest BCUT2D eigenvalue weighted by Crippen LogP contribution is 2.24. The van der Waals surface area contributed by atoms with Crippen LogP contribution in [0.1, 0.15) is 11.1 Å². The summed E-state index contributed by atoms with van der Waals surface area (Å²) in [6.45, 7) is 4.07. The maximum atomic E-state index is 5.11. The smallest absolute Gasteiger partial charge is 0.122 e. The van der Waals surface area contributed by atoms with Gasteiger partial charge in [-0.05, 0) is 36.4 Å². The second kappa shape index (κ2) is 3.63. The molecule has 0 aromatic carbocycles. The van der Waals surface area contributed by atoms with Crippen LogP contribution in [-0.4, -0.2) is 10.2 Å². The first-order chi connectivity index (χ1) is 6.70. The van der Waals surface area contributed by atoms with Gasteiger partial charge >= 0.3 is 0 Å². The molecule has 0 unspecified atom stereocenters. The van der Waals surface area contributed by atoms with Crippen LogP contribution in [0.4, 0.5) is 0 Å². The number of nitrogens with one attached hydrogen (secondary N) is 1. The molecule has 0 atom stereocenters. The average Bonchev–Trinajstić information content (AvgIpc) is 2.67. The van der Waals surface area contributed by atoms with Crippen LogP contribution in [-0.2, 0) is 0 Å². The van der Waals surface area contributed by atoms with Gasteiger partial charge in [-0.25, -0.2) is 0 Å². The topological polar surface area (TPSA) is 28.7 Å². The van der Waals surface area contributed by atoms with Gasteiger partial charge in [-0.15, -0.1) is 0 Å². The van der Waals surface area contributed by atoms with Crippen molar-refractivity contribution in [1.29, 1.82) is 0 Å². The van der Waals surface area contributed by atoms with Crippen LogP contribution < -0.4 is 0 Å². The van der Waals surface area contributed by atoms with E-state index in [1.54, 1.807) is 11.3 Å². The number of aromatic amines is 1. The number of hydrogen-bond acceptors (Lipinski definition) is 3. The molecule has 0 amide bonds. The largest absolute Gasteiger partial charge is 0.267 e. The Morgan fingerprint density at radius 2 is 2.14 bits per heavy atom. The first-order valence-corrected chi connectivity index (χ1v) is 5.63. The molecule has 4 heteroatoms. The van der Waals surface area contributed by atoms with Gasteiger partial charge in [0.1, 0.15) is 4.64 Å². The number of hydrogen-bond donors (Lipinski definition) is 1. The monoisotopic (exact) mass is 222 g/mol. The Bertz CT molecular complexity index is 497. The van der Waals surface area contributed by atoms with Gasteiger partial charge in [0.15, 0.2) is 0 Å². The second-order valence-corrected chi connectivity index (χ2v) is 4.35. The molecular weight excluding hydrogens is 212 g/mol. The van der Waals surface area contributed by atoms with E-state index in [1.165, 1.54) is 0 Å². The van der Waals surface area contributed by atoms with Crippen LogP contribution in [0, 0.1) is 18.5 Å². The highest BCUT2D eigenvalue weighted by Gasteiger charge is 2.06. The first-order valence-electron chi connectivity index (χ1n) is 4.28. The molecule has 0 radical (unpaired) electrons. The van der Waals surface area contributed by atoms with Gasteiger partial charge in [0.25, 0.3) is 0 Å². The highest BCUT2D eigenvalue weighted by atomic mass is 32.1. The van der Waals surface area contributed by atoms with Crippen molar-refractivity contribution in [2.24, 2.45) is 0 Å². The fourth-order valence-electron chi connectivity index (χ4n) is 1.30. The quantitative estimate of drug-likeness (QED) is 0.748. The Kier molecular flexibility index (Phi) is 2.48. The number of aromatic nitrogens is 2. The molecule has 0 fully saturated rings. The summed E-state index contributed by atoms with van der Waals surface area (Å²) < 4.78 is 0.724. The summed E-state index contributed by atoms with van der Waals surface area (Å²) in [4.78, 5) is 0. The van der Waals surface area contributed by atoms with Crippen molar-refractivity contribution in [3.8, 4) is 11.3 Å². The molecule has 0 spiro atoms. The molecule has 0 saturated heterocycles. The molecule has 0 aliphatic rings. The van der Waals surface area contributed by atoms with E-state index in [1.807, 2.05) is 12.3 Å².